The van der Waals surface area contributed by atoms with Crippen molar-refractivity contribution >= 4 is 23.4 Å². The van der Waals surface area contributed by atoms with Crippen molar-refractivity contribution in [3.05, 3.63) is 34.4 Å². The number of aliphatic carboxylic acids is 1. The normalized spacial score (nSPS) is 9.93. The number of carboxylic acids is 1. The Morgan fingerprint density at radius 3 is 2.29 bits per heavy atom. The number of Topliss-reactive ketones (excluding diaryl/α,β-unsaturated/α-hetero) is 1. The maximum Gasteiger partial charge on any atom is 0.377 e. The lowest BCUT2D eigenvalue weighted by molar-refractivity contribution is -0.131. The largest absolute Gasteiger partial charge is 0.475 e. The summed E-state index contributed by atoms with van der Waals surface area (Å²) >= 11 is 5.20. The minimum atomic E-state index is -1.86. The molecule has 14 heavy (non-hydrogen) atoms. The predicted octanol–water partition coefficient (Wildman–Crippen LogP) is 1.89. The van der Waals surface area contributed by atoms with Crippen LogP contribution in [0, 0.1) is 11.6 Å². The minimum absolute atomic E-state index is 0.452. The number of halogens is 3. The second kappa shape index (κ2) is 3.71. The third-order valence-electron chi connectivity index (χ3n) is 1.45. The Morgan fingerprint density at radius 2 is 1.79 bits per heavy atom. The monoisotopic (exact) mass is 220 g/mol. The van der Waals surface area contributed by atoms with E-state index in [1.54, 1.807) is 0 Å². The zero-order valence-corrected chi connectivity index (χ0v) is 7.31. The molecule has 1 rings (SSSR count). The summed E-state index contributed by atoms with van der Waals surface area (Å²) in [7, 11) is 0. The van der Waals surface area contributed by atoms with E-state index in [1.807, 2.05) is 0 Å². The van der Waals surface area contributed by atoms with Crippen LogP contribution < -0.4 is 0 Å². The topological polar surface area (TPSA) is 54.4 Å². The molecule has 0 fully saturated rings. The van der Waals surface area contributed by atoms with Crippen LogP contribution in [-0.4, -0.2) is 16.9 Å². The molecule has 0 aliphatic rings. The van der Waals surface area contributed by atoms with Crippen LogP contribution in [0.3, 0.4) is 0 Å². The summed E-state index contributed by atoms with van der Waals surface area (Å²) in [5.41, 5.74) is -0.848. The van der Waals surface area contributed by atoms with Gasteiger partial charge in [0.1, 0.15) is 11.6 Å². The van der Waals surface area contributed by atoms with Crippen LogP contribution in [0.15, 0.2) is 12.1 Å². The van der Waals surface area contributed by atoms with Crippen LogP contribution in [0.25, 0.3) is 0 Å². The van der Waals surface area contributed by atoms with E-state index in [-0.39, 0.29) is 0 Å². The van der Waals surface area contributed by atoms with Crippen molar-refractivity contribution in [3.8, 4) is 0 Å². The van der Waals surface area contributed by atoms with Crippen molar-refractivity contribution < 1.29 is 23.5 Å². The molecule has 0 radical (unpaired) electrons. The Kier molecular flexibility index (Phi) is 2.81. The first-order chi connectivity index (χ1) is 6.43. The number of carboxylic acid groups (broad SMARTS) is 1. The fourth-order valence-corrected chi connectivity index (χ4v) is 0.962. The summed E-state index contributed by atoms with van der Waals surface area (Å²) < 4.78 is 25.6. The Bertz CT molecular complexity index is 417. The quantitative estimate of drug-likeness (QED) is 0.470. The summed E-state index contributed by atoms with van der Waals surface area (Å²) in [5, 5.41) is 7.74. The van der Waals surface area contributed by atoms with Gasteiger partial charge in [-0.05, 0) is 12.1 Å². The number of rotatable bonds is 2. The summed E-state index contributed by atoms with van der Waals surface area (Å²) in [6, 6.07) is 1.00. The Labute approximate surface area is 81.9 Å². The van der Waals surface area contributed by atoms with Gasteiger partial charge in [-0.1, -0.05) is 11.6 Å². The molecule has 0 aromatic heterocycles. The predicted molar refractivity (Wildman–Crippen MR) is 43.3 cm³/mol. The van der Waals surface area contributed by atoms with Crippen LogP contribution in [0.4, 0.5) is 8.78 Å². The van der Waals surface area contributed by atoms with Crippen LogP contribution in [0.1, 0.15) is 10.4 Å². The van der Waals surface area contributed by atoms with E-state index in [0.717, 1.165) is 0 Å². The molecule has 1 aromatic rings. The van der Waals surface area contributed by atoms with Gasteiger partial charge in [-0.25, -0.2) is 13.6 Å². The molecule has 0 amide bonds. The molecule has 1 aromatic carbocycles. The summed E-state index contributed by atoms with van der Waals surface area (Å²) in [6.45, 7) is 0. The molecule has 0 aliphatic carbocycles. The molecule has 0 bridgehead atoms. The Hall–Kier alpha value is -1.49. The molecule has 0 saturated carbocycles. The number of hydrogen-bond donors (Lipinski definition) is 1. The Morgan fingerprint density at radius 1 is 1.21 bits per heavy atom. The summed E-state index contributed by atoms with van der Waals surface area (Å²) in [6.07, 6.45) is 0. The van der Waals surface area contributed by atoms with Gasteiger partial charge in [0.15, 0.2) is 0 Å². The van der Waals surface area contributed by atoms with Crippen LogP contribution in [-0.2, 0) is 4.79 Å². The molecule has 0 atom stereocenters. The fraction of sp³-hybridized carbons (Fsp3) is 0. The first kappa shape index (κ1) is 10.6. The maximum absolute atomic E-state index is 12.9. The number of hydrogen-bond acceptors (Lipinski definition) is 2. The van der Waals surface area contributed by atoms with E-state index in [9.17, 15) is 18.4 Å². The van der Waals surface area contributed by atoms with Crippen molar-refractivity contribution in [3.63, 3.8) is 0 Å². The van der Waals surface area contributed by atoms with E-state index in [4.69, 9.17) is 16.7 Å². The molecule has 0 unspecified atom stereocenters. The molecule has 0 aliphatic heterocycles. The van der Waals surface area contributed by atoms with Gasteiger partial charge in [-0.15, -0.1) is 0 Å². The molecule has 6 heteroatoms. The van der Waals surface area contributed by atoms with Crippen LogP contribution in [0.2, 0.25) is 5.02 Å². The third-order valence-corrected chi connectivity index (χ3v) is 1.74. The first-order valence-corrected chi connectivity index (χ1v) is 3.73. The van der Waals surface area contributed by atoms with E-state index >= 15 is 0 Å². The molecular formula is C8H3ClF2O3. The average molecular weight is 221 g/mol. The van der Waals surface area contributed by atoms with E-state index in [0.29, 0.717) is 12.1 Å². The van der Waals surface area contributed by atoms with Crippen LogP contribution in [0.5, 0.6) is 0 Å². The second-order valence-electron chi connectivity index (χ2n) is 2.38. The van der Waals surface area contributed by atoms with Crippen molar-refractivity contribution in [2.24, 2.45) is 0 Å². The van der Waals surface area contributed by atoms with Crippen molar-refractivity contribution in [2.45, 2.75) is 0 Å². The summed E-state index contributed by atoms with van der Waals surface area (Å²) in [4.78, 5) is 21.0. The number of carbonyl (C=O) groups excluding carboxylic acids is 1. The average Bonchev–Trinajstić information content (AvgIpc) is 2.10. The standard InChI is InChI=1S/C8H3ClF2O3/c9-4-2-5(10)3(1-6(4)11)7(12)8(13)14/h1-2H,(H,13,14). The lowest BCUT2D eigenvalue weighted by atomic mass is 10.1. The smallest absolute Gasteiger partial charge is 0.377 e. The summed E-state index contributed by atoms with van der Waals surface area (Å²) in [5.74, 6) is -5.58. The van der Waals surface area contributed by atoms with Gasteiger partial charge in [0.05, 0.1) is 10.6 Å². The zero-order valence-electron chi connectivity index (χ0n) is 6.55. The number of ketones is 1. The van der Waals surface area contributed by atoms with E-state index in [2.05, 4.69) is 0 Å². The first-order valence-electron chi connectivity index (χ1n) is 3.35. The highest BCUT2D eigenvalue weighted by Crippen LogP contribution is 2.19. The fourth-order valence-electron chi connectivity index (χ4n) is 0.812. The minimum Gasteiger partial charge on any atom is -0.475 e. The zero-order chi connectivity index (χ0) is 10.9. The molecule has 0 heterocycles. The molecule has 0 saturated heterocycles. The van der Waals surface area contributed by atoms with Gasteiger partial charge in [0.25, 0.3) is 5.78 Å². The highest BCUT2D eigenvalue weighted by molar-refractivity contribution is 6.40. The molecular weight excluding hydrogens is 218 g/mol. The highest BCUT2D eigenvalue weighted by Gasteiger charge is 2.20. The van der Waals surface area contributed by atoms with Gasteiger partial charge in [-0.2, -0.15) is 0 Å². The van der Waals surface area contributed by atoms with Gasteiger partial charge in [-0.3, -0.25) is 4.79 Å². The van der Waals surface area contributed by atoms with Gasteiger partial charge in [0.2, 0.25) is 0 Å². The maximum atomic E-state index is 12.9. The Balaban J connectivity index is 3.29. The van der Waals surface area contributed by atoms with Crippen molar-refractivity contribution in [1.82, 2.24) is 0 Å². The van der Waals surface area contributed by atoms with Gasteiger partial charge >= 0.3 is 5.97 Å². The van der Waals surface area contributed by atoms with Gasteiger partial charge in [0, 0.05) is 0 Å². The number of benzene rings is 1. The highest BCUT2D eigenvalue weighted by atomic mass is 35.5. The molecule has 3 nitrogen and oxygen atoms in total. The third kappa shape index (κ3) is 1.88. The lowest BCUT2D eigenvalue weighted by Crippen LogP contribution is -2.14. The second-order valence-corrected chi connectivity index (χ2v) is 2.79. The molecule has 1 N–H and O–H groups in total. The van der Waals surface area contributed by atoms with Crippen molar-refractivity contribution in [1.29, 1.82) is 0 Å². The molecule has 74 valence electrons. The SMILES string of the molecule is O=C(O)C(=O)c1cc(F)c(Cl)cc1F. The number of carbonyl (C=O) groups is 2. The molecule has 0 spiro atoms. The lowest BCUT2D eigenvalue weighted by Gasteiger charge is -2.00. The van der Waals surface area contributed by atoms with Gasteiger partial charge < -0.3 is 5.11 Å². The van der Waals surface area contributed by atoms with Crippen molar-refractivity contribution in [2.75, 3.05) is 0 Å². The van der Waals surface area contributed by atoms with E-state index in [1.165, 1.54) is 0 Å². The van der Waals surface area contributed by atoms with Crippen LogP contribution >= 0.6 is 11.6 Å². The van der Waals surface area contributed by atoms with E-state index < -0.39 is 34.0 Å².